The lowest BCUT2D eigenvalue weighted by atomic mass is 10.0. The van der Waals surface area contributed by atoms with Crippen molar-refractivity contribution in [3.8, 4) is 5.75 Å². The number of aliphatic carboxylic acids is 1. The Morgan fingerprint density at radius 3 is 1.82 bits per heavy atom. The number of hydrogen-bond acceptors (Lipinski definition) is 14. The second kappa shape index (κ2) is 31.3. The van der Waals surface area contributed by atoms with Crippen molar-refractivity contribution in [1.82, 2.24) is 47.9 Å². The molecule has 1 rings (SSSR count). The third-order valence-corrected chi connectivity index (χ3v) is 10.2. The van der Waals surface area contributed by atoms with Gasteiger partial charge in [0.15, 0.2) is 0 Å². The van der Waals surface area contributed by atoms with Gasteiger partial charge < -0.3 is 64.2 Å². The molecular formula is C41H73N11O9S. The topological polar surface area (TPSA) is 320 Å². The number of carboxylic acids is 1. The Bertz CT molecular complexity index is 1540. The van der Waals surface area contributed by atoms with Crippen LogP contribution < -0.4 is 59.3 Å². The molecule has 1 aromatic carbocycles. The highest BCUT2D eigenvalue weighted by molar-refractivity contribution is 7.80. The zero-order valence-corrected chi connectivity index (χ0v) is 37.6. The van der Waals surface area contributed by atoms with E-state index in [1.807, 2.05) is 20.8 Å². The van der Waals surface area contributed by atoms with E-state index in [-0.39, 0.29) is 87.1 Å². The van der Waals surface area contributed by atoms with Gasteiger partial charge in [0, 0.05) is 83.5 Å². The van der Waals surface area contributed by atoms with E-state index >= 15 is 0 Å². The minimum Gasteiger partial charge on any atom is -0.508 e. The maximum atomic E-state index is 13.2. The number of nitrogens with two attached hydrogens (primary N) is 2. The number of benzene rings is 1. The van der Waals surface area contributed by atoms with Crippen molar-refractivity contribution in [2.75, 3.05) is 58.1 Å². The van der Waals surface area contributed by atoms with Crippen molar-refractivity contribution in [3.63, 3.8) is 0 Å². The first kappa shape index (κ1) is 55.5. The SMILES string of the molecule is CCNC[C@](CNCCNC[C@@](N)(CC)NC(=O)CCCC(=O)N[C@@H](Cc1ccc(O)cc1)C(=O)NCCCCCC(=O)N[C@@H](CS)C(N)=O)(NCC)NC(=O)CCCC(=O)O. The lowest BCUT2D eigenvalue weighted by molar-refractivity contribution is -0.137. The number of amides is 6. The minimum absolute atomic E-state index is 0.0166. The Labute approximate surface area is 371 Å². The summed E-state index contributed by atoms with van der Waals surface area (Å²) in [5.74, 6) is -3.15. The largest absolute Gasteiger partial charge is 0.508 e. The summed E-state index contributed by atoms with van der Waals surface area (Å²) in [7, 11) is 0. The van der Waals surface area contributed by atoms with Gasteiger partial charge in [-0.05, 0) is 62.9 Å². The van der Waals surface area contributed by atoms with Crippen LogP contribution in [0, 0.1) is 0 Å². The molecule has 15 N–H and O–H groups in total. The van der Waals surface area contributed by atoms with Crippen molar-refractivity contribution >= 4 is 54.0 Å². The van der Waals surface area contributed by atoms with Crippen LogP contribution in [0.3, 0.4) is 0 Å². The number of nitrogens with one attached hydrogen (secondary N) is 9. The number of primary amides is 1. The molecular weight excluding hydrogens is 823 g/mol. The Kier molecular flexibility index (Phi) is 28.0. The molecule has 352 valence electrons. The fourth-order valence-electron chi connectivity index (χ4n) is 6.26. The van der Waals surface area contributed by atoms with Gasteiger partial charge in [-0.25, -0.2) is 0 Å². The van der Waals surface area contributed by atoms with E-state index < -0.39 is 47.1 Å². The minimum atomic E-state index is -1.05. The number of unbranched alkanes of at least 4 members (excludes halogenated alkanes) is 2. The highest BCUT2D eigenvalue weighted by Gasteiger charge is 2.30. The van der Waals surface area contributed by atoms with Gasteiger partial charge in [0.25, 0.3) is 0 Å². The normalized spacial score (nSPS) is 14.0. The molecule has 0 aliphatic rings. The molecule has 1 aromatic rings. The van der Waals surface area contributed by atoms with E-state index in [4.69, 9.17) is 16.6 Å². The number of thiol groups is 1. The number of hydrogen-bond donors (Lipinski definition) is 14. The van der Waals surface area contributed by atoms with Gasteiger partial charge in [0.2, 0.25) is 35.4 Å². The highest BCUT2D eigenvalue weighted by Crippen LogP contribution is 2.12. The molecule has 0 saturated heterocycles. The molecule has 0 aliphatic heterocycles. The first-order chi connectivity index (χ1) is 29.5. The van der Waals surface area contributed by atoms with E-state index in [1.165, 1.54) is 12.1 Å². The smallest absolute Gasteiger partial charge is 0.303 e. The molecule has 4 atom stereocenters. The average Bonchev–Trinajstić information content (AvgIpc) is 3.21. The van der Waals surface area contributed by atoms with Gasteiger partial charge in [-0.2, -0.15) is 12.6 Å². The summed E-state index contributed by atoms with van der Waals surface area (Å²) in [4.78, 5) is 86.1. The van der Waals surface area contributed by atoms with Gasteiger partial charge in [0.05, 0.1) is 0 Å². The third kappa shape index (κ3) is 24.8. The molecule has 21 heteroatoms. The van der Waals surface area contributed by atoms with Gasteiger partial charge in [-0.3, -0.25) is 38.9 Å². The molecule has 0 radical (unpaired) electrons. The van der Waals surface area contributed by atoms with Crippen molar-refractivity contribution in [2.45, 2.75) is 121 Å². The monoisotopic (exact) mass is 896 g/mol. The highest BCUT2D eigenvalue weighted by atomic mass is 32.1. The summed E-state index contributed by atoms with van der Waals surface area (Å²) in [5.41, 5.74) is 10.6. The summed E-state index contributed by atoms with van der Waals surface area (Å²) in [6.45, 7) is 9.44. The number of likely N-dealkylation sites (N-methyl/N-ethyl adjacent to an activating group) is 2. The molecule has 0 unspecified atom stereocenters. The number of carbonyl (C=O) groups is 7. The van der Waals surface area contributed by atoms with Gasteiger partial charge >= 0.3 is 5.97 Å². The molecule has 0 aliphatic carbocycles. The second-order valence-electron chi connectivity index (χ2n) is 15.3. The van der Waals surface area contributed by atoms with E-state index in [0.29, 0.717) is 77.1 Å². The van der Waals surface area contributed by atoms with Crippen LogP contribution in [0.25, 0.3) is 0 Å². The van der Waals surface area contributed by atoms with Crippen molar-refractivity contribution in [1.29, 1.82) is 0 Å². The molecule has 0 heterocycles. The molecule has 0 aromatic heterocycles. The van der Waals surface area contributed by atoms with E-state index in [0.717, 1.165) is 0 Å². The molecule has 0 fully saturated rings. The van der Waals surface area contributed by atoms with Gasteiger partial charge in [0.1, 0.15) is 29.2 Å². The average molecular weight is 896 g/mol. The standard InChI is InChI=1S/C41H73N11O9S/c1-4-40(43,26-45-22-23-46-28-41(48-6-3,27-44-5-2)52-36(57)15-11-16-37(58)59)51-35(56)14-10-13-34(55)49-31(24-29-17-19-30(53)20-18-29)39(61)47-21-9-7-8-12-33(54)50-32(25-62)38(42)60/h17-20,31-32,44-46,48,53,62H,4-16,21-28,43H2,1-3H3,(H2,42,60)(H,47,61)(H,49,55)(H,50,54)(H,51,56)(H,52,57)(H,58,59)/t31-,32-,40+,41-/m0/s1. The third-order valence-electron chi connectivity index (χ3n) is 9.81. The molecule has 0 spiro atoms. The zero-order chi connectivity index (χ0) is 46.4. The lowest BCUT2D eigenvalue weighted by Gasteiger charge is -2.36. The fourth-order valence-corrected chi connectivity index (χ4v) is 6.53. The predicted octanol–water partition coefficient (Wildman–Crippen LogP) is -1.19. The second-order valence-corrected chi connectivity index (χ2v) is 15.6. The fraction of sp³-hybridized carbons (Fsp3) is 0.683. The van der Waals surface area contributed by atoms with Crippen LogP contribution in [0.5, 0.6) is 5.75 Å². The van der Waals surface area contributed by atoms with E-state index in [1.54, 1.807) is 12.1 Å². The van der Waals surface area contributed by atoms with Gasteiger partial charge in [-0.15, -0.1) is 0 Å². The molecule has 20 nitrogen and oxygen atoms in total. The number of carboxylic acid groups (broad SMARTS) is 1. The van der Waals surface area contributed by atoms with Crippen LogP contribution in [0.1, 0.15) is 97.0 Å². The molecule has 6 amide bonds. The van der Waals surface area contributed by atoms with E-state index in [2.05, 4.69) is 60.5 Å². The summed E-state index contributed by atoms with van der Waals surface area (Å²) >= 11 is 4.01. The number of phenols is 1. The summed E-state index contributed by atoms with van der Waals surface area (Å²) < 4.78 is 0. The molecule has 0 saturated carbocycles. The molecule has 62 heavy (non-hydrogen) atoms. The van der Waals surface area contributed by atoms with Crippen LogP contribution in [-0.2, 0) is 40.0 Å². The maximum absolute atomic E-state index is 13.2. The predicted molar refractivity (Wildman–Crippen MR) is 240 cm³/mol. The summed E-state index contributed by atoms with van der Waals surface area (Å²) in [6, 6.07) is 4.54. The Morgan fingerprint density at radius 2 is 1.24 bits per heavy atom. The van der Waals surface area contributed by atoms with Crippen LogP contribution in [0.15, 0.2) is 24.3 Å². The number of rotatable bonds is 36. The maximum Gasteiger partial charge on any atom is 0.303 e. The van der Waals surface area contributed by atoms with Crippen molar-refractivity contribution in [3.05, 3.63) is 29.8 Å². The first-order valence-corrected chi connectivity index (χ1v) is 22.2. The Morgan fingerprint density at radius 1 is 0.677 bits per heavy atom. The number of carbonyl (C=O) groups excluding carboxylic acids is 6. The quantitative estimate of drug-likeness (QED) is 0.0214. The van der Waals surface area contributed by atoms with E-state index in [9.17, 15) is 38.7 Å². The molecule has 0 bridgehead atoms. The lowest BCUT2D eigenvalue weighted by Crippen LogP contribution is -2.68. The van der Waals surface area contributed by atoms with Crippen LogP contribution in [0.4, 0.5) is 0 Å². The number of phenolic OH excluding ortho intramolecular Hbond substituents is 1. The van der Waals surface area contributed by atoms with Crippen molar-refractivity contribution < 1.29 is 43.8 Å². The summed E-state index contributed by atoms with van der Waals surface area (Å²) in [6.07, 6.45) is 2.97. The Balaban J connectivity index is 2.60. The van der Waals surface area contributed by atoms with Crippen LogP contribution in [-0.4, -0.2) is 133 Å². The van der Waals surface area contributed by atoms with Crippen LogP contribution >= 0.6 is 12.6 Å². The zero-order valence-electron chi connectivity index (χ0n) is 36.7. The summed E-state index contributed by atoms with van der Waals surface area (Å²) in [5, 5.41) is 45.9. The Hall–Kier alpha value is -4.54. The number of aromatic hydroxyl groups is 1. The van der Waals surface area contributed by atoms with Gasteiger partial charge in [-0.1, -0.05) is 39.3 Å². The van der Waals surface area contributed by atoms with Crippen molar-refractivity contribution in [2.24, 2.45) is 11.5 Å². The van der Waals surface area contributed by atoms with Crippen LogP contribution in [0.2, 0.25) is 0 Å². The first-order valence-electron chi connectivity index (χ1n) is 21.5.